The highest BCUT2D eigenvalue weighted by molar-refractivity contribution is 5.82. The number of hydrogen-bond acceptors (Lipinski definition) is 6. The molecule has 0 aliphatic carbocycles. The van der Waals surface area contributed by atoms with Crippen molar-refractivity contribution in [2.24, 2.45) is 5.16 Å². The molecule has 98 valence electrons. The molecule has 0 saturated carbocycles. The van der Waals surface area contributed by atoms with Crippen LogP contribution in [0.3, 0.4) is 0 Å². The minimum Gasteiger partial charge on any atom is -0.502 e. The molecule has 0 aliphatic rings. The number of oxime groups is 1. The molecule has 0 atom stereocenters. The highest BCUT2D eigenvalue weighted by atomic mass is 16.6. The minimum atomic E-state index is -1.12. The summed E-state index contributed by atoms with van der Waals surface area (Å²) < 4.78 is 9.89. The number of ether oxygens (including phenoxy) is 2. The topological polar surface area (TPSA) is 97.6 Å². The van der Waals surface area contributed by atoms with E-state index >= 15 is 0 Å². The lowest BCUT2D eigenvalue weighted by molar-refractivity contribution is -0.142. The quantitative estimate of drug-likeness (QED) is 0.577. The van der Waals surface area contributed by atoms with E-state index in [4.69, 9.17) is 14.6 Å². The van der Waals surface area contributed by atoms with E-state index < -0.39 is 12.6 Å². The van der Waals surface area contributed by atoms with Gasteiger partial charge in [0.05, 0.1) is 20.4 Å². The molecule has 0 spiro atoms. The summed E-state index contributed by atoms with van der Waals surface area (Å²) in [5, 5.41) is 21.5. The molecule has 7 nitrogen and oxygen atoms in total. The number of phenols is 1. The summed E-state index contributed by atoms with van der Waals surface area (Å²) in [7, 11) is 2.80. The maximum Gasteiger partial charge on any atom is 0.344 e. The van der Waals surface area contributed by atoms with Gasteiger partial charge in [0.1, 0.15) is 0 Å². The van der Waals surface area contributed by atoms with Crippen LogP contribution in [0.2, 0.25) is 0 Å². The van der Waals surface area contributed by atoms with E-state index in [9.17, 15) is 9.90 Å². The lowest BCUT2D eigenvalue weighted by Gasteiger charge is -2.08. The van der Waals surface area contributed by atoms with Gasteiger partial charge >= 0.3 is 5.97 Å². The fourth-order valence-electron chi connectivity index (χ4n) is 1.18. The molecule has 0 aliphatic heterocycles. The molecular weight excluding hydrogens is 242 g/mol. The van der Waals surface area contributed by atoms with Crippen molar-refractivity contribution in [2.45, 2.75) is 0 Å². The molecule has 0 heterocycles. The summed E-state index contributed by atoms with van der Waals surface area (Å²) in [4.78, 5) is 14.7. The van der Waals surface area contributed by atoms with Crippen LogP contribution >= 0.6 is 0 Å². The number of aromatic hydroxyl groups is 1. The lowest BCUT2D eigenvalue weighted by atomic mass is 10.2. The summed E-state index contributed by atoms with van der Waals surface area (Å²) in [5.41, 5.74) is 0.534. The predicted molar refractivity (Wildman–Crippen MR) is 62.4 cm³/mol. The summed E-state index contributed by atoms with van der Waals surface area (Å²) in [6.07, 6.45) is 1.29. The third kappa shape index (κ3) is 3.55. The van der Waals surface area contributed by atoms with Gasteiger partial charge < -0.3 is 24.5 Å². The second-order valence-electron chi connectivity index (χ2n) is 3.18. The maximum absolute atomic E-state index is 10.2. The zero-order valence-corrected chi connectivity index (χ0v) is 9.91. The van der Waals surface area contributed by atoms with Crippen LogP contribution in [0, 0.1) is 0 Å². The number of carboxylic acid groups (broad SMARTS) is 1. The van der Waals surface area contributed by atoms with Crippen LogP contribution in [0.15, 0.2) is 17.3 Å². The molecule has 0 saturated heterocycles. The Labute approximate surface area is 103 Å². The normalized spacial score (nSPS) is 10.3. The van der Waals surface area contributed by atoms with Gasteiger partial charge in [-0.05, 0) is 12.1 Å². The maximum atomic E-state index is 10.2. The predicted octanol–water partition coefficient (Wildman–Crippen LogP) is 0.844. The molecule has 2 N–H and O–H groups in total. The standard InChI is InChI=1S/C11H13NO6/c1-16-8-3-7(4-9(17-2)11(8)15)5-12-18-6-10(13)14/h3-5,15H,6H2,1-2H3,(H,13,14)/b12-5+. The second kappa shape index (κ2) is 6.33. The van der Waals surface area contributed by atoms with Crippen LogP contribution in [-0.2, 0) is 9.63 Å². The second-order valence-corrected chi connectivity index (χ2v) is 3.18. The number of nitrogens with zero attached hydrogens (tertiary/aromatic N) is 1. The van der Waals surface area contributed by atoms with Crippen molar-refractivity contribution in [3.05, 3.63) is 17.7 Å². The van der Waals surface area contributed by atoms with E-state index in [1.165, 1.54) is 32.6 Å². The van der Waals surface area contributed by atoms with Crippen molar-refractivity contribution in [1.29, 1.82) is 0 Å². The molecule has 1 aromatic rings. The Morgan fingerprint density at radius 1 is 1.33 bits per heavy atom. The minimum absolute atomic E-state index is 0.122. The van der Waals surface area contributed by atoms with Gasteiger partial charge in [0.25, 0.3) is 0 Å². The zero-order valence-electron chi connectivity index (χ0n) is 9.91. The zero-order chi connectivity index (χ0) is 13.5. The van der Waals surface area contributed by atoms with Crippen molar-refractivity contribution in [3.8, 4) is 17.2 Å². The number of methoxy groups -OCH3 is 2. The number of carboxylic acids is 1. The van der Waals surface area contributed by atoms with Gasteiger partial charge in [-0.1, -0.05) is 5.16 Å². The van der Waals surface area contributed by atoms with Crippen LogP contribution < -0.4 is 9.47 Å². The molecule has 0 radical (unpaired) electrons. The van der Waals surface area contributed by atoms with Crippen molar-refractivity contribution >= 4 is 12.2 Å². The van der Waals surface area contributed by atoms with Crippen molar-refractivity contribution < 1.29 is 29.3 Å². The molecule has 0 bridgehead atoms. The first kappa shape index (κ1) is 13.6. The fourth-order valence-corrected chi connectivity index (χ4v) is 1.18. The van der Waals surface area contributed by atoms with E-state index in [0.29, 0.717) is 5.56 Å². The van der Waals surface area contributed by atoms with Gasteiger partial charge in [-0.25, -0.2) is 4.79 Å². The molecule has 0 unspecified atom stereocenters. The Morgan fingerprint density at radius 2 is 1.89 bits per heavy atom. The van der Waals surface area contributed by atoms with Crippen molar-refractivity contribution in [2.75, 3.05) is 20.8 Å². The Morgan fingerprint density at radius 3 is 2.33 bits per heavy atom. The summed E-state index contributed by atoms with van der Waals surface area (Å²) >= 11 is 0. The smallest absolute Gasteiger partial charge is 0.344 e. The number of benzene rings is 1. The van der Waals surface area contributed by atoms with E-state index in [1.807, 2.05) is 0 Å². The van der Waals surface area contributed by atoms with Crippen molar-refractivity contribution in [3.63, 3.8) is 0 Å². The highest BCUT2D eigenvalue weighted by Crippen LogP contribution is 2.36. The number of carbonyl (C=O) groups is 1. The lowest BCUT2D eigenvalue weighted by Crippen LogP contribution is -2.03. The van der Waals surface area contributed by atoms with Gasteiger partial charge in [0.15, 0.2) is 11.5 Å². The molecule has 18 heavy (non-hydrogen) atoms. The Bertz CT molecular complexity index is 432. The highest BCUT2D eigenvalue weighted by Gasteiger charge is 2.10. The number of hydrogen-bond donors (Lipinski definition) is 2. The Balaban J connectivity index is 2.86. The third-order valence-electron chi connectivity index (χ3n) is 1.97. The number of phenolic OH excluding ortho intramolecular Hbond substituents is 1. The Hall–Kier alpha value is -2.44. The monoisotopic (exact) mass is 255 g/mol. The van der Waals surface area contributed by atoms with E-state index in [0.717, 1.165) is 0 Å². The first-order valence-corrected chi connectivity index (χ1v) is 4.90. The van der Waals surface area contributed by atoms with Crippen molar-refractivity contribution in [1.82, 2.24) is 0 Å². The summed E-state index contributed by atoms with van der Waals surface area (Å²) in [6.45, 7) is -0.525. The summed E-state index contributed by atoms with van der Waals surface area (Å²) in [5.74, 6) is -0.806. The molecular formula is C11H13NO6. The third-order valence-corrected chi connectivity index (χ3v) is 1.97. The molecule has 1 aromatic carbocycles. The Kier molecular flexibility index (Phi) is 4.79. The van der Waals surface area contributed by atoms with Gasteiger partial charge in [0, 0.05) is 5.56 Å². The summed E-state index contributed by atoms with van der Waals surface area (Å²) in [6, 6.07) is 3.01. The van der Waals surface area contributed by atoms with E-state index in [2.05, 4.69) is 9.99 Å². The van der Waals surface area contributed by atoms with E-state index in [1.54, 1.807) is 0 Å². The van der Waals surface area contributed by atoms with Crippen LogP contribution in [0.25, 0.3) is 0 Å². The number of aliphatic carboxylic acids is 1. The van der Waals surface area contributed by atoms with E-state index in [-0.39, 0.29) is 17.2 Å². The SMILES string of the molecule is COc1cc(/C=N/OCC(=O)O)cc(OC)c1O. The van der Waals surface area contributed by atoms with Crippen LogP contribution in [0.4, 0.5) is 0 Å². The average molecular weight is 255 g/mol. The molecule has 0 fully saturated rings. The van der Waals surface area contributed by atoms with Crippen LogP contribution in [0.5, 0.6) is 17.2 Å². The molecule has 1 rings (SSSR count). The van der Waals surface area contributed by atoms with Gasteiger partial charge in [-0.3, -0.25) is 0 Å². The molecule has 0 amide bonds. The first-order valence-electron chi connectivity index (χ1n) is 4.90. The van der Waals surface area contributed by atoms with Gasteiger partial charge in [-0.2, -0.15) is 0 Å². The number of rotatable bonds is 6. The van der Waals surface area contributed by atoms with Gasteiger partial charge in [0.2, 0.25) is 12.4 Å². The largest absolute Gasteiger partial charge is 0.502 e. The van der Waals surface area contributed by atoms with Crippen LogP contribution in [-0.4, -0.2) is 43.2 Å². The molecule has 7 heteroatoms. The van der Waals surface area contributed by atoms with Crippen LogP contribution in [0.1, 0.15) is 5.56 Å². The fraction of sp³-hybridized carbons (Fsp3) is 0.273. The van der Waals surface area contributed by atoms with Gasteiger partial charge in [-0.15, -0.1) is 0 Å². The average Bonchev–Trinajstić information content (AvgIpc) is 2.35. The first-order chi connectivity index (χ1) is 8.58. The molecule has 0 aromatic heterocycles.